The van der Waals surface area contributed by atoms with Crippen molar-refractivity contribution in [1.82, 2.24) is 4.90 Å². The summed E-state index contributed by atoms with van der Waals surface area (Å²) in [4.78, 5) is 2.57. The van der Waals surface area contributed by atoms with Gasteiger partial charge in [0.25, 0.3) is 0 Å². The lowest BCUT2D eigenvalue weighted by atomic mass is 10.1. The zero-order valence-electron chi connectivity index (χ0n) is 12.2. The van der Waals surface area contributed by atoms with Crippen molar-refractivity contribution in [2.75, 3.05) is 18.4 Å². The van der Waals surface area contributed by atoms with Gasteiger partial charge in [-0.2, -0.15) is 0 Å². The quantitative estimate of drug-likeness (QED) is 0.887. The van der Waals surface area contributed by atoms with E-state index in [4.69, 9.17) is 11.6 Å². The smallest absolute Gasteiger partial charge is 0.0455 e. The van der Waals surface area contributed by atoms with Gasteiger partial charge in [-0.15, -0.1) is 0 Å². The van der Waals surface area contributed by atoms with Gasteiger partial charge in [-0.05, 0) is 64.3 Å². The van der Waals surface area contributed by atoms with Crippen molar-refractivity contribution >= 4 is 17.3 Å². The van der Waals surface area contributed by atoms with E-state index in [1.54, 1.807) is 0 Å². The van der Waals surface area contributed by atoms with Gasteiger partial charge in [0.2, 0.25) is 0 Å². The van der Waals surface area contributed by atoms with Gasteiger partial charge < -0.3 is 10.2 Å². The van der Waals surface area contributed by atoms with Crippen LogP contribution in [0.4, 0.5) is 5.69 Å². The second kappa shape index (κ2) is 6.62. The van der Waals surface area contributed by atoms with Crippen molar-refractivity contribution in [2.45, 2.75) is 52.1 Å². The normalized spacial score (nSPS) is 21.4. The molecule has 0 aliphatic carbocycles. The molecular weight excluding hydrogens is 256 g/mol. The van der Waals surface area contributed by atoms with Crippen LogP contribution < -0.4 is 5.32 Å². The monoisotopic (exact) mass is 280 g/mol. The molecule has 0 spiro atoms. The fourth-order valence-electron chi connectivity index (χ4n) is 2.70. The van der Waals surface area contributed by atoms with Crippen molar-refractivity contribution in [3.8, 4) is 0 Å². The van der Waals surface area contributed by atoms with Crippen LogP contribution in [0.3, 0.4) is 0 Å². The van der Waals surface area contributed by atoms with Crippen LogP contribution in [-0.4, -0.2) is 30.1 Å². The molecule has 0 amide bonds. The van der Waals surface area contributed by atoms with Crippen LogP contribution >= 0.6 is 11.6 Å². The van der Waals surface area contributed by atoms with Crippen LogP contribution in [0.5, 0.6) is 0 Å². The molecule has 1 fully saturated rings. The number of nitrogens with zero attached hydrogens (tertiary/aromatic N) is 1. The summed E-state index contributed by atoms with van der Waals surface area (Å²) in [5.41, 5.74) is 2.29. The Morgan fingerprint density at radius 3 is 2.74 bits per heavy atom. The highest BCUT2D eigenvalue weighted by Crippen LogP contribution is 2.23. The molecule has 1 heterocycles. The van der Waals surface area contributed by atoms with Crippen molar-refractivity contribution in [3.05, 3.63) is 28.8 Å². The highest BCUT2D eigenvalue weighted by atomic mass is 35.5. The van der Waals surface area contributed by atoms with Gasteiger partial charge in [0.1, 0.15) is 0 Å². The third-order valence-electron chi connectivity index (χ3n) is 4.04. The summed E-state index contributed by atoms with van der Waals surface area (Å²) >= 11 is 6.18. The van der Waals surface area contributed by atoms with Gasteiger partial charge in [-0.3, -0.25) is 0 Å². The zero-order chi connectivity index (χ0) is 13.8. The Bertz CT molecular complexity index is 417. The average Bonchev–Trinajstić information content (AvgIpc) is 2.59. The van der Waals surface area contributed by atoms with E-state index in [-0.39, 0.29) is 0 Å². The second-order valence-electron chi connectivity index (χ2n) is 5.87. The number of hydrogen-bond donors (Lipinski definition) is 1. The largest absolute Gasteiger partial charge is 0.382 e. The molecule has 1 aliphatic heterocycles. The summed E-state index contributed by atoms with van der Waals surface area (Å²) in [5, 5.41) is 4.49. The minimum Gasteiger partial charge on any atom is -0.382 e. The van der Waals surface area contributed by atoms with Gasteiger partial charge >= 0.3 is 0 Å². The fourth-order valence-corrected chi connectivity index (χ4v) is 2.88. The van der Waals surface area contributed by atoms with E-state index in [1.165, 1.54) is 32.4 Å². The molecule has 0 bridgehead atoms. The van der Waals surface area contributed by atoms with Crippen molar-refractivity contribution in [1.29, 1.82) is 0 Å². The molecule has 2 rings (SSSR count). The van der Waals surface area contributed by atoms with Crippen molar-refractivity contribution in [2.24, 2.45) is 0 Å². The van der Waals surface area contributed by atoms with Crippen molar-refractivity contribution < 1.29 is 0 Å². The molecule has 3 heteroatoms. The Kier molecular flexibility index (Phi) is 5.12. The summed E-state index contributed by atoms with van der Waals surface area (Å²) in [6.07, 6.45) is 3.73. The molecule has 1 aromatic rings. The summed E-state index contributed by atoms with van der Waals surface area (Å²) in [6, 6.07) is 7.49. The van der Waals surface area contributed by atoms with E-state index >= 15 is 0 Å². The standard InChI is InChI=1S/C16H25ClN2/c1-12(2)19-9-4-5-14(8-10-19)18-15-7-6-13(3)16(17)11-15/h6-7,11-12,14,18H,4-5,8-10H2,1-3H3. The SMILES string of the molecule is Cc1ccc(NC2CCCN(C(C)C)CC2)cc1Cl. The maximum absolute atomic E-state index is 6.18. The molecule has 2 nitrogen and oxygen atoms in total. The maximum Gasteiger partial charge on any atom is 0.0455 e. The molecule has 0 saturated carbocycles. The zero-order valence-corrected chi connectivity index (χ0v) is 13.0. The lowest BCUT2D eigenvalue weighted by Crippen LogP contribution is -2.32. The average molecular weight is 281 g/mol. The second-order valence-corrected chi connectivity index (χ2v) is 6.27. The predicted molar refractivity (Wildman–Crippen MR) is 84.2 cm³/mol. The van der Waals surface area contributed by atoms with E-state index in [2.05, 4.69) is 36.2 Å². The number of benzene rings is 1. The number of aryl methyl sites for hydroxylation is 1. The van der Waals surface area contributed by atoms with Crippen LogP contribution in [0.2, 0.25) is 5.02 Å². The Labute approximate surface area is 122 Å². The molecule has 0 aromatic heterocycles. The first-order valence-electron chi connectivity index (χ1n) is 7.33. The minimum atomic E-state index is 0.572. The van der Waals surface area contributed by atoms with Gasteiger partial charge in [0.15, 0.2) is 0 Å². The lowest BCUT2D eigenvalue weighted by molar-refractivity contribution is 0.230. The van der Waals surface area contributed by atoms with E-state index in [0.717, 1.165) is 16.3 Å². The number of rotatable bonds is 3. The summed E-state index contributed by atoms with van der Waals surface area (Å²) in [6.45, 7) is 9.03. The first-order chi connectivity index (χ1) is 9.06. The van der Waals surface area contributed by atoms with Crippen LogP contribution in [0, 0.1) is 6.92 Å². The number of nitrogens with one attached hydrogen (secondary N) is 1. The van der Waals surface area contributed by atoms with E-state index in [0.29, 0.717) is 12.1 Å². The summed E-state index contributed by atoms with van der Waals surface area (Å²) in [7, 11) is 0. The van der Waals surface area contributed by atoms with Gasteiger partial charge in [-0.25, -0.2) is 0 Å². The number of likely N-dealkylation sites (tertiary alicyclic amines) is 1. The molecule has 0 radical (unpaired) electrons. The third-order valence-corrected chi connectivity index (χ3v) is 4.44. The van der Waals surface area contributed by atoms with Crippen LogP contribution in [0.1, 0.15) is 38.7 Å². The van der Waals surface area contributed by atoms with Crippen molar-refractivity contribution in [3.63, 3.8) is 0 Å². The maximum atomic E-state index is 6.18. The lowest BCUT2D eigenvalue weighted by Gasteiger charge is -2.24. The van der Waals surface area contributed by atoms with Crippen LogP contribution in [-0.2, 0) is 0 Å². The number of halogens is 1. The number of anilines is 1. The highest BCUT2D eigenvalue weighted by Gasteiger charge is 2.18. The fraction of sp³-hybridized carbons (Fsp3) is 0.625. The topological polar surface area (TPSA) is 15.3 Å². The van der Waals surface area contributed by atoms with Crippen LogP contribution in [0.25, 0.3) is 0 Å². The molecule has 1 aromatic carbocycles. The molecule has 1 saturated heterocycles. The van der Waals surface area contributed by atoms with Crippen LogP contribution in [0.15, 0.2) is 18.2 Å². The molecular formula is C16H25ClN2. The third kappa shape index (κ3) is 4.12. The Hall–Kier alpha value is -0.730. The Balaban J connectivity index is 1.94. The van der Waals surface area contributed by atoms with E-state index < -0.39 is 0 Å². The predicted octanol–water partition coefficient (Wildman–Crippen LogP) is 4.32. The first kappa shape index (κ1) is 14.7. The highest BCUT2D eigenvalue weighted by molar-refractivity contribution is 6.31. The molecule has 1 atom stereocenters. The first-order valence-corrected chi connectivity index (χ1v) is 7.71. The molecule has 1 N–H and O–H groups in total. The van der Waals surface area contributed by atoms with Gasteiger partial charge in [0.05, 0.1) is 0 Å². The minimum absolute atomic E-state index is 0.572. The Morgan fingerprint density at radius 1 is 1.26 bits per heavy atom. The molecule has 106 valence electrons. The van der Waals surface area contributed by atoms with Gasteiger partial charge in [0, 0.05) is 29.3 Å². The summed E-state index contributed by atoms with van der Waals surface area (Å²) in [5.74, 6) is 0. The summed E-state index contributed by atoms with van der Waals surface area (Å²) < 4.78 is 0. The molecule has 19 heavy (non-hydrogen) atoms. The molecule has 1 unspecified atom stereocenters. The number of hydrogen-bond acceptors (Lipinski definition) is 2. The van der Waals surface area contributed by atoms with Gasteiger partial charge in [-0.1, -0.05) is 17.7 Å². The Morgan fingerprint density at radius 2 is 2.05 bits per heavy atom. The molecule has 1 aliphatic rings. The van der Waals surface area contributed by atoms with E-state index in [1.807, 2.05) is 13.0 Å². The van der Waals surface area contributed by atoms with E-state index in [9.17, 15) is 0 Å².